The van der Waals surface area contributed by atoms with Gasteiger partial charge in [-0.2, -0.15) is 0 Å². The van der Waals surface area contributed by atoms with E-state index in [-0.39, 0.29) is 11.9 Å². The second kappa shape index (κ2) is 5.94. The minimum atomic E-state index is 0.0426. The SMILES string of the molecule is CC(C)CCN(C)C(=O)c1cc(N)cn1C(C)C. The van der Waals surface area contributed by atoms with Gasteiger partial charge in [-0.15, -0.1) is 0 Å². The lowest BCUT2D eigenvalue weighted by Gasteiger charge is -2.20. The first-order valence-electron chi connectivity index (χ1n) is 6.55. The fraction of sp³-hybridized carbons (Fsp3) is 0.643. The van der Waals surface area contributed by atoms with Crippen LogP contribution >= 0.6 is 0 Å². The van der Waals surface area contributed by atoms with E-state index in [9.17, 15) is 4.79 Å². The normalized spacial score (nSPS) is 11.3. The molecule has 0 atom stereocenters. The average Bonchev–Trinajstić information content (AvgIpc) is 2.67. The third kappa shape index (κ3) is 3.52. The Kier molecular flexibility index (Phi) is 4.82. The molecule has 1 aromatic heterocycles. The molecule has 0 bridgehead atoms. The number of nitrogen functional groups attached to an aromatic ring is 1. The molecule has 1 amide bonds. The number of amides is 1. The van der Waals surface area contributed by atoms with Crippen LogP contribution in [0.2, 0.25) is 0 Å². The van der Waals surface area contributed by atoms with Crippen LogP contribution in [0.25, 0.3) is 0 Å². The minimum absolute atomic E-state index is 0.0426. The van der Waals surface area contributed by atoms with Gasteiger partial charge in [0.1, 0.15) is 5.69 Å². The summed E-state index contributed by atoms with van der Waals surface area (Å²) in [6.45, 7) is 9.19. The topological polar surface area (TPSA) is 51.3 Å². The Balaban J connectivity index is 2.83. The molecule has 1 heterocycles. The van der Waals surface area contributed by atoms with Crippen LogP contribution in [0.5, 0.6) is 0 Å². The van der Waals surface area contributed by atoms with Gasteiger partial charge in [0.2, 0.25) is 0 Å². The number of rotatable bonds is 5. The molecule has 1 rings (SSSR count). The quantitative estimate of drug-likeness (QED) is 0.874. The van der Waals surface area contributed by atoms with Crippen LogP contribution in [-0.4, -0.2) is 29.0 Å². The highest BCUT2D eigenvalue weighted by Crippen LogP contribution is 2.18. The molecule has 0 spiro atoms. The standard InChI is InChI=1S/C14H25N3O/c1-10(2)6-7-16(5)14(18)13-8-12(15)9-17(13)11(3)4/h8-11H,6-7,15H2,1-5H3. The zero-order valence-corrected chi connectivity index (χ0v) is 12.1. The van der Waals surface area contributed by atoms with Crippen LogP contribution < -0.4 is 5.73 Å². The number of carbonyl (C=O) groups is 1. The Morgan fingerprint density at radius 2 is 2.00 bits per heavy atom. The molecule has 0 aromatic carbocycles. The number of anilines is 1. The van der Waals surface area contributed by atoms with Crippen molar-refractivity contribution in [2.45, 2.75) is 40.2 Å². The first-order valence-corrected chi connectivity index (χ1v) is 6.55. The van der Waals surface area contributed by atoms with E-state index in [4.69, 9.17) is 5.73 Å². The van der Waals surface area contributed by atoms with Gasteiger partial charge in [0.05, 0.1) is 5.69 Å². The zero-order valence-electron chi connectivity index (χ0n) is 12.1. The van der Waals surface area contributed by atoms with Gasteiger partial charge in [0.25, 0.3) is 5.91 Å². The molecule has 0 aliphatic rings. The summed E-state index contributed by atoms with van der Waals surface area (Å²) >= 11 is 0. The Labute approximate surface area is 110 Å². The monoisotopic (exact) mass is 251 g/mol. The van der Waals surface area contributed by atoms with Crippen molar-refractivity contribution in [3.05, 3.63) is 18.0 Å². The maximum atomic E-state index is 12.3. The van der Waals surface area contributed by atoms with Crippen LogP contribution in [0.15, 0.2) is 12.3 Å². The predicted octanol–water partition coefficient (Wildman–Crippen LogP) is 2.77. The average molecular weight is 251 g/mol. The highest BCUT2D eigenvalue weighted by Gasteiger charge is 2.18. The van der Waals surface area contributed by atoms with Crippen LogP contribution in [-0.2, 0) is 0 Å². The summed E-state index contributed by atoms with van der Waals surface area (Å²) in [6, 6.07) is 1.99. The third-order valence-electron chi connectivity index (χ3n) is 3.03. The Morgan fingerprint density at radius 3 is 2.50 bits per heavy atom. The molecule has 0 aliphatic heterocycles. The first-order chi connectivity index (χ1) is 8.32. The molecule has 102 valence electrons. The van der Waals surface area contributed by atoms with E-state index < -0.39 is 0 Å². The van der Waals surface area contributed by atoms with Gasteiger partial charge in [0.15, 0.2) is 0 Å². The molecule has 0 unspecified atom stereocenters. The molecule has 1 aromatic rings. The van der Waals surface area contributed by atoms with Gasteiger partial charge in [-0.05, 0) is 32.3 Å². The molecule has 4 heteroatoms. The molecular formula is C14H25N3O. The van der Waals surface area contributed by atoms with Crippen LogP contribution in [0.3, 0.4) is 0 Å². The molecule has 18 heavy (non-hydrogen) atoms. The number of nitrogens with two attached hydrogens (primary N) is 1. The summed E-state index contributed by atoms with van der Waals surface area (Å²) in [5.41, 5.74) is 7.10. The molecule has 0 aliphatic carbocycles. The van der Waals surface area contributed by atoms with Gasteiger partial charge in [0, 0.05) is 25.8 Å². The van der Waals surface area contributed by atoms with Gasteiger partial charge < -0.3 is 15.2 Å². The Bertz CT molecular complexity index is 407. The summed E-state index contributed by atoms with van der Waals surface area (Å²) in [7, 11) is 1.85. The molecule has 4 nitrogen and oxygen atoms in total. The largest absolute Gasteiger partial charge is 0.397 e. The summed E-state index contributed by atoms with van der Waals surface area (Å²) in [5, 5.41) is 0. The second-order valence-electron chi connectivity index (χ2n) is 5.57. The van der Waals surface area contributed by atoms with Crippen LogP contribution in [0.1, 0.15) is 50.6 Å². The lowest BCUT2D eigenvalue weighted by molar-refractivity contribution is 0.0777. The lowest BCUT2D eigenvalue weighted by Crippen LogP contribution is -2.30. The van der Waals surface area contributed by atoms with Crippen molar-refractivity contribution in [2.24, 2.45) is 5.92 Å². The number of nitrogens with zero attached hydrogens (tertiary/aromatic N) is 2. The second-order valence-corrected chi connectivity index (χ2v) is 5.57. The van der Waals surface area contributed by atoms with Crippen LogP contribution in [0.4, 0.5) is 5.69 Å². The van der Waals surface area contributed by atoms with E-state index in [1.165, 1.54) is 0 Å². The third-order valence-corrected chi connectivity index (χ3v) is 3.03. The van der Waals surface area contributed by atoms with E-state index in [2.05, 4.69) is 13.8 Å². The molecule has 0 radical (unpaired) electrons. The van der Waals surface area contributed by atoms with Crippen molar-refractivity contribution in [3.8, 4) is 0 Å². The molecule has 0 saturated carbocycles. The maximum absolute atomic E-state index is 12.3. The summed E-state index contributed by atoms with van der Waals surface area (Å²) in [5.74, 6) is 0.642. The van der Waals surface area contributed by atoms with Crippen LogP contribution in [0, 0.1) is 5.92 Å². The number of hydrogen-bond donors (Lipinski definition) is 1. The van der Waals surface area contributed by atoms with Gasteiger partial charge in [-0.25, -0.2) is 0 Å². The molecule has 0 fully saturated rings. The van der Waals surface area contributed by atoms with Crippen molar-refractivity contribution in [1.29, 1.82) is 0 Å². The number of carbonyl (C=O) groups excluding carboxylic acids is 1. The minimum Gasteiger partial charge on any atom is -0.397 e. The van der Waals surface area contributed by atoms with Crippen molar-refractivity contribution < 1.29 is 4.79 Å². The molecule has 0 saturated heterocycles. The van der Waals surface area contributed by atoms with Crippen molar-refractivity contribution in [1.82, 2.24) is 9.47 Å². The number of hydrogen-bond acceptors (Lipinski definition) is 2. The van der Waals surface area contributed by atoms with E-state index in [1.807, 2.05) is 31.7 Å². The van der Waals surface area contributed by atoms with E-state index in [0.29, 0.717) is 17.3 Å². The fourth-order valence-electron chi connectivity index (χ4n) is 1.85. The summed E-state index contributed by atoms with van der Waals surface area (Å²) in [4.78, 5) is 14.1. The number of aromatic nitrogens is 1. The molecule has 2 N–H and O–H groups in total. The first kappa shape index (κ1) is 14.6. The zero-order chi connectivity index (χ0) is 13.9. The van der Waals surface area contributed by atoms with E-state index in [0.717, 1.165) is 13.0 Å². The Hall–Kier alpha value is -1.45. The highest BCUT2D eigenvalue weighted by molar-refractivity contribution is 5.93. The molecular weight excluding hydrogens is 226 g/mol. The Morgan fingerprint density at radius 1 is 1.39 bits per heavy atom. The van der Waals surface area contributed by atoms with E-state index >= 15 is 0 Å². The highest BCUT2D eigenvalue weighted by atomic mass is 16.2. The fourth-order valence-corrected chi connectivity index (χ4v) is 1.85. The van der Waals surface area contributed by atoms with Crippen molar-refractivity contribution in [2.75, 3.05) is 19.3 Å². The predicted molar refractivity (Wildman–Crippen MR) is 75.6 cm³/mol. The van der Waals surface area contributed by atoms with Crippen molar-refractivity contribution >= 4 is 11.6 Å². The van der Waals surface area contributed by atoms with Crippen molar-refractivity contribution in [3.63, 3.8) is 0 Å². The van der Waals surface area contributed by atoms with Gasteiger partial charge >= 0.3 is 0 Å². The maximum Gasteiger partial charge on any atom is 0.270 e. The summed E-state index contributed by atoms with van der Waals surface area (Å²) < 4.78 is 1.93. The summed E-state index contributed by atoms with van der Waals surface area (Å²) in [6.07, 6.45) is 2.84. The lowest BCUT2D eigenvalue weighted by atomic mass is 10.1. The van der Waals surface area contributed by atoms with Gasteiger partial charge in [-0.3, -0.25) is 4.79 Å². The smallest absolute Gasteiger partial charge is 0.270 e. The van der Waals surface area contributed by atoms with E-state index in [1.54, 1.807) is 11.0 Å². The van der Waals surface area contributed by atoms with Gasteiger partial charge in [-0.1, -0.05) is 13.8 Å².